The normalized spacial score (nSPS) is 13.5. The van der Waals surface area contributed by atoms with Gasteiger partial charge in [0.25, 0.3) is 0 Å². The molecule has 104 valence electrons. The Labute approximate surface area is 122 Å². The molecule has 0 N–H and O–H groups in total. The summed E-state index contributed by atoms with van der Waals surface area (Å²) >= 11 is 0. The van der Waals surface area contributed by atoms with Crippen molar-refractivity contribution >= 4 is 22.3 Å². The van der Waals surface area contributed by atoms with Crippen molar-refractivity contribution in [2.45, 2.75) is 26.2 Å². The van der Waals surface area contributed by atoms with Gasteiger partial charge in [-0.2, -0.15) is 0 Å². The van der Waals surface area contributed by atoms with Crippen LogP contribution in [0, 0.1) is 0 Å². The summed E-state index contributed by atoms with van der Waals surface area (Å²) in [5.74, 6) is -0.00449. The molecule has 2 aromatic carbocycles. The molecular weight excluding hydrogens is 262 g/mol. The fourth-order valence-corrected chi connectivity index (χ4v) is 2.90. The number of hydrogen-bond donors (Lipinski definition) is 0. The second-order valence-corrected chi connectivity index (χ2v) is 5.16. The van der Waals surface area contributed by atoms with Gasteiger partial charge in [-0.05, 0) is 29.3 Å². The predicted molar refractivity (Wildman–Crippen MR) is 83.9 cm³/mol. The van der Waals surface area contributed by atoms with Crippen LogP contribution >= 0.6 is 0 Å². The number of Topliss-reactive ketones (excluding diaryl/α,β-unsaturated/α-hetero) is 1. The number of benzene rings is 2. The fourth-order valence-electron chi connectivity index (χ4n) is 2.90. The van der Waals surface area contributed by atoms with Gasteiger partial charge < -0.3 is 0 Å². The van der Waals surface area contributed by atoms with Crippen molar-refractivity contribution in [3.63, 3.8) is 0 Å². The highest BCUT2D eigenvalue weighted by Gasteiger charge is 2.26. The third-order valence-electron chi connectivity index (χ3n) is 3.89. The number of ketones is 1. The van der Waals surface area contributed by atoms with Gasteiger partial charge in [0.2, 0.25) is 0 Å². The van der Waals surface area contributed by atoms with Crippen LogP contribution in [0.5, 0.6) is 0 Å². The Hall–Kier alpha value is -2.58. The molecule has 1 aliphatic carbocycles. The average Bonchev–Trinajstić information content (AvgIpc) is 2.52. The van der Waals surface area contributed by atoms with E-state index in [1.165, 1.54) is 0 Å². The summed E-state index contributed by atoms with van der Waals surface area (Å²) in [5.41, 5.74) is 11.6. The summed E-state index contributed by atoms with van der Waals surface area (Å²) in [6.07, 6.45) is 2.55. The van der Waals surface area contributed by atoms with Gasteiger partial charge >= 0.3 is 0 Å². The zero-order valence-corrected chi connectivity index (χ0v) is 11.8. The molecule has 0 spiro atoms. The number of carbonyl (C=O) groups excluding carboxylic acids is 1. The van der Waals surface area contributed by atoms with Crippen LogP contribution in [-0.2, 0) is 0 Å². The quantitative estimate of drug-likeness (QED) is 0.427. The summed E-state index contributed by atoms with van der Waals surface area (Å²) < 4.78 is 0. The van der Waals surface area contributed by atoms with E-state index in [1.54, 1.807) is 0 Å². The van der Waals surface area contributed by atoms with Crippen molar-refractivity contribution < 1.29 is 4.79 Å². The molecule has 0 fully saturated rings. The Morgan fingerprint density at radius 2 is 1.86 bits per heavy atom. The fraction of sp³-hybridized carbons (Fsp3) is 0.235. The lowest BCUT2D eigenvalue weighted by molar-refractivity contribution is 0.103. The minimum absolute atomic E-state index is 0.00449. The highest BCUT2D eigenvalue weighted by molar-refractivity contribution is 6.24. The minimum atomic E-state index is -0.00449. The van der Waals surface area contributed by atoms with Gasteiger partial charge in [-0.25, -0.2) is 0 Å². The van der Waals surface area contributed by atoms with Crippen LogP contribution in [-0.4, -0.2) is 5.78 Å². The van der Waals surface area contributed by atoms with E-state index in [-0.39, 0.29) is 5.78 Å². The lowest BCUT2D eigenvalue weighted by Crippen LogP contribution is -2.12. The van der Waals surface area contributed by atoms with Crippen LogP contribution in [0.25, 0.3) is 26.9 Å². The Morgan fingerprint density at radius 3 is 2.52 bits per heavy atom. The SMILES string of the molecule is CCCCC1=C(N=[N+]=[N-])c2cccc3cccc(c23)C1=O. The van der Waals surface area contributed by atoms with Gasteiger partial charge in [0.15, 0.2) is 5.78 Å². The van der Waals surface area contributed by atoms with E-state index < -0.39 is 0 Å². The van der Waals surface area contributed by atoms with Crippen molar-refractivity contribution in [2.75, 3.05) is 0 Å². The maximum Gasteiger partial charge on any atom is 0.190 e. The average molecular weight is 277 g/mol. The summed E-state index contributed by atoms with van der Waals surface area (Å²) in [4.78, 5) is 15.7. The van der Waals surface area contributed by atoms with Gasteiger partial charge in [-0.3, -0.25) is 4.79 Å². The first kappa shape index (κ1) is 13.4. The molecular formula is C17H15N3O. The van der Waals surface area contributed by atoms with Crippen molar-refractivity contribution in [1.29, 1.82) is 0 Å². The topological polar surface area (TPSA) is 65.8 Å². The molecule has 2 aromatic rings. The largest absolute Gasteiger partial charge is 0.289 e. The third kappa shape index (κ3) is 2.10. The standard InChI is InChI=1S/C17H15N3O/c1-2-3-8-14-16(19-20-18)12-9-4-6-11-7-5-10-13(15(11)12)17(14)21/h4-7,9-10H,2-3,8H2,1H3. The first-order valence-corrected chi connectivity index (χ1v) is 7.13. The molecule has 0 atom stereocenters. The van der Waals surface area contributed by atoms with E-state index in [0.29, 0.717) is 23.3 Å². The number of hydrogen-bond acceptors (Lipinski definition) is 2. The van der Waals surface area contributed by atoms with Gasteiger partial charge in [-0.15, -0.1) is 0 Å². The van der Waals surface area contributed by atoms with E-state index in [1.807, 2.05) is 36.4 Å². The van der Waals surface area contributed by atoms with E-state index in [0.717, 1.165) is 29.2 Å². The van der Waals surface area contributed by atoms with Crippen LogP contribution < -0.4 is 0 Å². The lowest BCUT2D eigenvalue weighted by Gasteiger charge is -2.20. The second kappa shape index (κ2) is 5.43. The van der Waals surface area contributed by atoms with Crippen molar-refractivity contribution in [3.05, 3.63) is 63.5 Å². The molecule has 21 heavy (non-hydrogen) atoms. The predicted octanol–water partition coefficient (Wildman–Crippen LogP) is 5.25. The number of rotatable bonds is 4. The molecule has 0 heterocycles. The molecule has 0 aliphatic heterocycles. The van der Waals surface area contributed by atoms with Crippen LogP contribution in [0.4, 0.5) is 0 Å². The monoisotopic (exact) mass is 277 g/mol. The van der Waals surface area contributed by atoms with E-state index >= 15 is 0 Å². The Kier molecular flexibility index (Phi) is 3.46. The number of nitrogens with zero attached hydrogens (tertiary/aromatic N) is 3. The molecule has 4 nitrogen and oxygen atoms in total. The van der Waals surface area contributed by atoms with Gasteiger partial charge in [0.05, 0.1) is 5.70 Å². The molecule has 0 amide bonds. The first-order valence-electron chi connectivity index (χ1n) is 7.13. The highest BCUT2D eigenvalue weighted by Crippen LogP contribution is 2.38. The van der Waals surface area contributed by atoms with Crippen LogP contribution in [0.15, 0.2) is 47.1 Å². The highest BCUT2D eigenvalue weighted by atomic mass is 16.1. The molecule has 3 rings (SSSR count). The summed E-state index contributed by atoms with van der Waals surface area (Å²) in [6, 6.07) is 11.6. The summed E-state index contributed by atoms with van der Waals surface area (Å²) in [5, 5.41) is 5.73. The molecule has 4 heteroatoms. The third-order valence-corrected chi connectivity index (χ3v) is 3.89. The molecule has 1 aliphatic rings. The zero-order chi connectivity index (χ0) is 14.8. The molecule has 0 aromatic heterocycles. The number of unbranched alkanes of at least 4 members (excludes halogenated alkanes) is 1. The van der Waals surface area contributed by atoms with Gasteiger partial charge in [0, 0.05) is 21.4 Å². The van der Waals surface area contributed by atoms with E-state index in [9.17, 15) is 4.79 Å². The van der Waals surface area contributed by atoms with Crippen molar-refractivity contribution in [3.8, 4) is 0 Å². The Bertz CT molecular complexity index is 809. The van der Waals surface area contributed by atoms with Crippen molar-refractivity contribution in [2.24, 2.45) is 5.11 Å². The summed E-state index contributed by atoms with van der Waals surface area (Å²) in [7, 11) is 0. The Balaban J connectivity index is 2.34. The minimum Gasteiger partial charge on any atom is -0.289 e. The van der Waals surface area contributed by atoms with Gasteiger partial charge in [-0.1, -0.05) is 54.9 Å². The van der Waals surface area contributed by atoms with Crippen LogP contribution in [0.2, 0.25) is 0 Å². The smallest absolute Gasteiger partial charge is 0.190 e. The van der Waals surface area contributed by atoms with Crippen LogP contribution in [0.3, 0.4) is 0 Å². The Morgan fingerprint density at radius 1 is 1.14 bits per heavy atom. The lowest BCUT2D eigenvalue weighted by atomic mass is 9.84. The van der Waals surface area contributed by atoms with Gasteiger partial charge in [0.1, 0.15) is 0 Å². The molecule has 0 bridgehead atoms. The summed E-state index contributed by atoms with van der Waals surface area (Å²) in [6.45, 7) is 2.08. The first-order chi connectivity index (χ1) is 10.3. The molecule has 0 saturated heterocycles. The number of carbonyl (C=O) groups is 1. The second-order valence-electron chi connectivity index (χ2n) is 5.16. The van der Waals surface area contributed by atoms with E-state index in [4.69, 9.17) is 5.53 Å². The van der Waals surface area contributed by atoms with E-state index in [2.05, 4.69) is 16.9 Å². The maximum atomic E-state index is 12.8. The zero-order valence-electron chi connectivity index (χ0n) is 11.8. The number of azide groups is 1. The maximum absolute atomic E-state index is 12.8. The molecule has 0 radical (unpaired) electrons. The number of allylic oxidation sites excluding steroid dienone is 1. The van der Waals surface area contributed by atoms with Crippen molar-refractivity contribution in [1.82, 2.24) is 0 Å². The molecule has 0 unspecified atom stereocenters. The molecule has 0 saturated carbocycles. The van der Waals surface area contributed by atoms with Crippen LogP contribution in [0.1, 0.15) is 42.1 Å².